The van der Waals surface area contributed by atoms with Crippen molar-refractivity contribution in [1.29, 1.82) is 0 Å². The normalized spacial score (nSPS) is 15.0. The third-order valence-electron chi connectivity index (χ3n) is 2.45. The van der Waals surface area contributed by atoms with E-state index in [2.05, 4.69) is 4.74 Å². The van der Waals surface area contributed by atoms with Crippen molar-refractivity contribution in [2.75, 3.05) is 20.3 Å². The molecule has 0 aliphatic rings. The Morgan fingerprint density at radius 2 is 1.78 bits per heavy atom. The molecular weight excluding hydrogens is 243 g/mol. The predicted molar refractivity (Wildman–Crippen MR) is 62.8 cm³/mol. The number of hydrogen-bond acceptors (Lipinski definition) is 5. The van der Waals surface area contributed by atoms with Gasteiger partial charge >= 0.3 is 5.97 Å². The van der Waals surface area contributed by atoms with Crippen LogP contribution in [0.25, 0.3) is 0 Å². The highest BCUT2D eigenvalue weighted by atomic mass is 19.1. The first-order valence-electron chi connectivity index (χ1n) is 5.76. The van der Waals surface area contributed by atoms with Gasteiger partial charge in [0.25, 0.3) is 5.67 Å². The molecule has 5 nitrogen and oxygen atoms in total. The SMILES string of the molecule is CCOC(=O)C(C)(F)C(=O)CCOC(C)(C)OC. The molecule has 1 atom stereocenters. The molecule has 0 aromatic heterocycles. The molecule has 0 bridgehead atoms. The van der Waals surface area contributed by atoms with E-state index in [1.807, 2.05) is 0 Å². The van der Waals surface area contributed by atoms with Gasteiger partial charge in [0.1, 0.15) is 0 Å². The second-order valence-corrected chi connectivity index (χ2v) is 4.35. The summed E-state index contributed by atoms with van der Waals surface area (Å²) in [5.74, 6) is -2.88. The Morgan fingerprint density at radius 1 is 1.22 bits per heavy atom. The minimum atomic E-state index is -2.63. The Morgan fingerprint density at radius 3 is 2.22 bits per heavy atom. The molecule has 0 rings (SSSR count). The van der Waals surface area contributed by atoms with Crippen molar-refractivity contribution in [2.24, 2.45) is 0 Å². The van der Waals surface area contributed by atoms with Crippen molar-refractivity contribution in [2.45, 2.75) is 45.6 Å². The summed E-state index contributed by atoms with van der Waals surface area (Å²) in [4.78, 5) is 22.8. The summed E-state index contributed by atoms with van der Waals surface area (Å²) in [7, 11) is 1.46. The molecule has 0 saturated carbocycles. The van der Waals surface area contributed by atoms with E-state index in [1.165, 1.54) is 7.11 Å². The largest absolute Gasteiger partial charge is 0.463 e. The lowest BCUT2D eigenvalue weighted by molar-refractivity contribution is -0.198. The first kappa shape index (κ1) is 17.0. The number of methoxy groups -OCH3 is 1. The monoisotopic (exact) mass is 264 g/mol. The van der Waals surface area contributed by atoms with Crippen LogP contribution in [0, 0.1) is 0 Å². The van der Waals surface area contributed by atoms with Crippen LogP contribution in [-0.4, -0.2) is 43.5 Å². The quantitative estimate of drug-likeness (QED) is 0.379. The number of carbonyl (C=O) groups excluding carboxylic acids is 2. The fourth-order valence-electron chi connectivity index (χ4n) is 1.06. The highest BCUT2D eigenvalue weighted by molar-refractivity contribution is 6.06. The van der Waals surface area contributed by atoms with Crippen LogP contribution in [0.4, 0.5) is 4.39 Å². The number of esters is 1. The Labute approximate surface area is 107 Å². The maximum absolute atomic E-state index is 13.9. The number of Topliss-reactive ketones (excluding diaryl/α,β-unsaturated/α-hetero) is 1. The predicted octanol–water partition coefficient (Wildman–Crippen LogP) is 1.64. The van der Waals surface area contributed by atoms with Crippen LogP contribution >= 0.6 is 0 Å². The maximum Gasteiger partial charge on any atom is 0.351 e. The Bertz CT molecular complexity index is 299. The van der Waals surface area contributed by atoms with Crippen molar-refractivity contribution in [1.82, 2.24) is 0 Å². The van der Waals surface area contributed by atoms with Crippen LogP contribution in [0.15, 0.2) is 0 Å². The molecule has 0 aliphatic heterocycles. The van der Waals surface area contributed by atoms with Crippen molar-refractivity contribution >= 4 is 11.8 Å². The lowest BCUT2D eigenvalue weighted by Crippen LogP contribution is -2.41. The Hall–Kier alpha value is -1.01. The number of rotatable bonds is 8. The van der Waals surface area contributed by atoms with E-state index >= 15 is 0 Å². The lowest BCUT2D eigenvalue weighted by Gasteiger charge is -2.24. The number of ketones is 1. The van der Waals surface area contributed by atoms with Gasteiger partial charge in [-0.25, -0.2) is 9.18 Å². The second-order valence-electron chi connectivity index (χ2n) is 4.35. The molecule has 6 heteroatoms. The minimum absolute atomic E-state index is 0.0266. The Kier molecular flexibility index (Phi) is 6.42. The highest BCUT2D eigenvalue weighted by Gasteiger charge is 2.42. The van der Waals surface area contributed by atoms with Crippen molar-refractivity contribution in [3.05, 3.63) is 0 Å². The van der Waals surface area contributed by atoms with Gasteiger partial charge in [0.2, 0.25) is 0 Å². The van der Waals surface area contributed by atoms with E-state index in [-0.39, 0.29) is 19.6 Å². The van der Waals surface area contributed by atoms with Crippen LogP contribution < -0.4 is 0 Å². The number of alkyl halides is 1. The topological polar surface area (TPSA) is 61.8 Å². The van der Waals surface area contributed by atoms with E-state index in [4.69, 9.17) is 9.47 Å². The molecular formula is C12H21FO5. The van der Waals surface area contributed by atoms with Crippen molar-refractivity contribution in [3.63, 3.8) is 0 Å². The van der Waals surface area contributed by atoms with Crippen LogP contribution in [0.1, 0.15) is 34.1 Å². The summed E-state index contributed by atoms with van der Waals surface area (Å²) >= 11 is 0. The van der Waals surface area contributed by atoms with Crippen molar-refractivity contribution in [3.8, 4) is 0 Å². The third-order valence-corrected chi connectivity index (χ3v) is 2.45. The molecule has 106 valence electrons. The van der Waals surface area contributed by atoms with E-state index in [0.717, 1.165) is 6.92 Å². The number of carbonyl (C=O) groups is 2. The summed E-state index contributed by atoms with van der Waals surface area (Å²) in [6.07, 6.45) is -0.224. The molecule has 0 fully saturated rings. The summed E-state index contributed by atoms with van der Waals surface area (Å²) in [6.45, 7) is 5.77. The van der Waals surface area contributed by atoms with Gasteiger partial charge in [0.15, 0.2) is 11.6 Å². The van der Waals surface area contributed by atoms with E-state index in [0.29, 0.717) is 0 Å². The summed E-state index contributed by atoms with van der Waals surface area (Å²) < 4.78 is 28.5. The highest BCUT2D eigenvalue weighted by Crippen LogP contribution is 2.17. The molecule has 0 amide bonds. The first-order chi connectivity index (χ1) is 8.17. The second kappa shape index (κ2) is 6.80. The molecule has 0 N–H and O–H groups in total. The molecule has 18 heavy (non-hydrogen) atoms. The van der Waals surface area contributed by atoms with Crippen LogP contribution in [0.5, 0.6) is 0 Å². The zero-order valence-electron chi connectivity index (χ0n) is 11.5. The molecule has 0 aliphatic carbocycles. The van der Waals surface area contributed by atoms with Gasteiger partial charge in [-0.3, -0.25) is 4.79 Å². The van der Waals surface area contributed by atoms with Crippen molar-refractivity contribution < 1.29 is 28.2 Å². The fraction of sp³-hybridized carbons (Fsp3) is 0.833. The molecule has 0 aromatic rings. The van der Waals surface area contributed by atoms with Gasteiger partial charge in [-0.2, -0.15) is 0 Å². The van der Waals surface area contributed by atoms with Gasteiger partial charge in [-0.15, -0.1) is 0 Å². The summed E-state index contributed by atoms with van der Waals surface area (Å²) in [5, 5.41) is 0. The van der Waals surface area contributed by atoms with Gasteiger partial charge < -0.3 is 14.2 Å². The molecule has 0 radical (unpaired) electrons. The zero-order chi connectivity index (χ0) is 14.4. The van der Waals surface area contributed by atoms with Gasteiger partial charge in [-0.1, -0.05) is 0 Å². The van der Waals surface area contributed by atoms with Crippen LogP contribution in [-0.2, 0) is 23.8 Å². The summed E-state index contributed by atoms with van der Waals surface area (Å²) in [5.41, 5.74) is -2.63. The standard InChI is InChI=1S/C12H21FO5/c1-6-17-10(15)12(4,13)9(14)7-8-18-11(2,3)16-5/h6-8H2,1-5H3. The summed E-state index contributed by atoms with van der Waals surface area (Å²) in [6, 6.07) is 0. The van der Waals surface area contributed by atoms with E-state index in [1.54, 1.807) is 20.8 Å². The maximum atomic E-state index is 13.9. The average Bonchev–Trinajstić information content (AvgIpc) is 2.28. The molecule has 0 heterocycles. The number of hydrogen-bond donors (Lipinski definition) is 0. The Balaban J connectivity index is 4.28. The minimum Gasteiger partial charge on any atom is -0.463 e. The molecule has 0 aromatic carbocycles. The fourth-order valence-corrected chi connectivity index (χ4v) is 1.06. The van der Waals surface area contributed by atoms with Gasteiger partial charge in [-0.05, 0) is 27.7 Å². The molecule has 0 saturated heterocycles. The van der Waals surface area contributed by atoms with Crippen LogP contribution in [0.3, 0.4) is 0 Å². The third kappa shape index (κ3) is 5.10. The number of halogens is 1. The molecule has 1 unspecified atom stereocenters. The van der Waals surface area contributed by atoms with E-state index in [9.17, 15) is 14.0 Å². The zero-order valence-corrected chi connectivity index (χ0v) is 11.5. The average molecular weight is 264 g/mol. The van der Waals surface area contributed by atoms with Crippen LogP contribution in [0.2, 0.25) is 0 Å². The van der Waals surface area contributed by atoms with Gasteiger partial charge in [0.05, 0.1) is 13.2 Å². The van der Waals surface area contributed by atoms with Gasteiger partial charge in [0, 0.05) is 13.5 Å². The smallest absolute Gasteiger partial charge is 0.351 e. The lowest BCUT2D eigenvalue weighted by atomic mass is 10.0. The molecule has 0 spiro atoms. The first-order valence-corrected chi connectivity index (χ1v) is 5.76. The van der Waals surface area contributed by atoms with E-state index < -0.39 is 23.2 Å². The number of ether oxygens (including phenoxy) is 3.